The Morgan fingerprint density at radius 1 is 1.41 bits per heavy atom. The van der Waals surface area contributed by atoms with Gasteiger partial charge >= 0.3 is 0 Å². The number of carbonyl (C=O) groups excluding carboxylic acids is 1. The van der Waals surface area contributed by atoms with E-state index in [9.17, 15) is 4.79 Å². The Morgan fingerprint density at radius 2 is 2.24 bits per heavy atom. The summed E-state index contributed by atoms with van der Waals surface area (Å²) in [7, 11) is 1.88. The Kier molecular flexibility index (Phi) is 5.29. The lowest BCUT2D eigenvalue weighted by atomic mass is 9.79. The summed E-state index contributed by atoms with van der Waals surface area (Å²) in [4.78, 5) is 20.7. The Morgan fingerprint density at radius 3 is 3.00 bits per heavy atom. The van der Waals surface area contributed by atoms with Gasteiger partial charge in [0.2, 0.25) is 5.91 Å². The zero-order valence-corrected chi connectivity index (χ0v) is 17.3. The molecule has 0 saturated heterocycles. The van der Waals surface area contributed by atoms with Crippen LogP contribution in [0.5, 0.6) is 0 Å². The highest BCUT2D eigenvalue weighted by molar-refractivity contribution is 5.99. The van der Waals surface area contributed by atoms with E-state index >= 15 is 0 Å². The van der Waals surface area contributed by atoms with Crippen molar-refractivity contribution >= 4 is 22.4 Å². The normalized spacial score (nSPS) is 21.1. The standard InChI is InChI=1S/C25H29N3O/c1-5-7-9-17(3)15-28-16-19(25(29)27(4)6-2)12-21-20-10-8-11-22-24(20)18(14-26-22)13-23(21)28/h5,7-12,14,19,23,26H,1,3,6,13,15-16H2,2,4H3/b9-7-. The molecule has 1 aliphatic heterocycles. The number of nitrogens with one attached hydrogen (secondary N) is 1. The molecule has 2 aromatic rings. The second-order valence-electron chi connectivity index (χ2n) is 8.03. The van der Waals surface area contributed by atoms with E-state index in [1.807, 2.05) is 31.0 Å². The van der Waals surface area contributed by atoms with Gasteiger partial charge in [0.05, 0.1) is 5.92 Å². The van der Waals surface area contributed by atoms with Crippen LogP contribution in [0.4, 0.5) is 0 Å². The fraction of sp³-hybridized carbons (Fsp3) is 0.320. The molecule has 2 atom stereocenters. The lowest BCUT2D eigenvalue weighted by molar-refractivity contribution is -0.133. The molecule has 2 heterocycles. The summed E-state index contributed by atoms with van der Waals surface area (Å²) in [5.74, 6) is 0.0425. The number of benzene rings is 1. The van der Waals surface area contributed by atoms with Gasteiger partial charge in [0.15, 0.2) is 0 Å². The van der Waals surface area contributed by atoms with E-state index < -0.39 is 0 Å². The molecule has 0 spiro atoms. The highest BCUT2D eigenvalue weighted by atomic mass is 16.2. The highest BCUT2D eigenvalue weighted by Gasteiger charge is 2.37. The van der Waals surface area contributed by atoms with E-state index in [0.717, 1.165) is 18.5 Å². The first-order valence-corrected chi connectivity index (χ1v) is 10.3. The number of aromatic nitrogens is 1. The van der Waals surface area contributed by atoms with Crippen molar-refractivity contribution in [2.24, 2.45) is 5.92 Å². The number of fused-ring (bicyclic) bond motifs is 2. The zero-order valence-electron chi connectivity index (χ0n) is 17.3. The molecule has 1 aliphatic carbocycles. The van der Waals surface area contributed by atoms with Crippen LogP contribution in [-0.2, 0) is 11.2 Å². The van der Waals surface area contributed by atoms with Crippen LogP contribution in [-0.4, -0.2) is 53.4 Å². The number of hydrogen-bond donors (Lipinski definition) is 1. The van der Waals surface area contributed by atoms with E-state index in [1.54, 1.807) is 6.08 Å². The summed E-state index contributed by atoms with van der Waals surface area (Å²) >= 11 is 0. The minimum Gasteiger partial charge on any atom is -0.361 e. The molecule has 4 heteroatoms. The molecular weight excluding hydrogens is 358 g/mol. The van der Waals surface area contributed by atoms with Gasteiger partial charge < -0.3 is 9.88 Å². The van der Waals surface area contributed by atoms with Crippen molar-refractivity contribution in [1.82, 2.24) is 14.8 Å². The number of amides is 1. The van der Waals surface area contributed by atoms with Crippen LogP contribution in [0, 0.1) is 5.92 Å². The van der Waals surface area contributed by atoms with Crippen LogP contribution in [0.25, 0.3) is 16.5 Å². The largest absolute Gasteiger partial charge is 0.361 e. The number of carbonyl (C=O) groups is 1. The Hall–Kier alpha value is -2.85. The fourth-order valence-electron chi connectivity index (χ4n) is 4.61. The van der Waals surface area contributed by atoms with Crippen molar-refractivity contribution in [3.8, 4) is 0 Å². The van der Waals surface area contributed by atoms with Gasteiger partial charge in [0.25, 0.3) is 0 Å². The maximum Gasteiger partial charge on any atom is 0.230 e. The van der Waals surface area contributed by atoms with Crippen LogP contribution in [0.1, 0.15) is 18.1 Å². The van der Waals surface area contributed by atoms with Gasteiger partial charge in [0, 0.05) is 49.8 Å². The summed E-state index contributed by atoms with van der Waals surface area (Å²) in [5, 5.41) is 1.30. The topological polar surface area (TPSA) is 39.3 Å². The van der Waals surface area contributed by atoms with Crippen LogP contribution < -0.4 is 0 Å². The van der Waals surface area contributed by atoms with Crippen LogP contribution in [0.3, 0.4) is 0 Å². The molecule has 2 aliphatic rings. The van der Waals surface area contributed by atoms with Gasteiger partial charge in [-0.15, -0.1) is 0 Å². The molecule has 29 heavy (non-hydrogen) atoms. The molecule has 4 rings (SSSR count). The molecule has 0 saturated carbocycles. The van der Waals surface area contributed by atoms with E-state index in [0.29, 0.717) is 13.1 Å². The lowest BCUT2D eigenvalue weighted by Gasteiger charge is -2.42. The average molecular weight is 388 g/mol. The fourth-order valence-corrected chi connectivity index (χ4v) is 4.61. The predicted octanol–water partition coefficient (Wildman–Crippen LogP) is 4.18. The molecule has 4 nitrogen and oxygen atoms in total. The summed E-state index contributed by atoms with van der Waals surface area (Å²) in [6.07, 6.45) is 11.0. The van der Waals surface area contributed by atoms with Crippen LogP contribution in [0.2, 0.25) is 0 Å². The van der Waals surface area contributed by atoms with E-state index in [2.05, 4.69) is 53.5 Å². The number of rotatable bonds is 6. The minimum absolute atomic E-state index is 0.141. The molecule has 0 fully saturated rings. The third-order valence-corrected chi connectivity index (χ3v) is 6.17. The Bertz CT molecular complexity index is 1030. The van der Waals surface area contributed by atoms with Gasteiger partial charge in [-0.05, 0) is 41.7 Å². The maximum absolute atomic E-state index is 13.0. The molecule has 150 valence electrons. The molecule has 1 amide bonds. The number of H-pyrrole nitrogens is 1. The van der Waals surface area contributed by atoms with Crippen molar-refractivity contribution in [2.45, 2.75) is 19.4 Å². The number of aromatic amines is 1. The lowest BCUT2D eigenvalue weighted by Crippen LogP contribution is -2.49. The van der Waals surface area contributed by atoms with Gasteiger partial charge in [-0.1, -0.05) is 49.6 Å². The van der Waals surface area contributed by atoms with Crippen molar-refractivity contribution in [2.75, 3.05) is 26.7 Å². The van der Waals surface area contributed by atoms with Gasteiger partial charge in [-0.2, -0.15) is 0 Å². The van der Waals surface area contributed by atoms with Gasteiger partial charge in [0.1, 0.15) is 0 Å². The van der Waals surface area contributed by atoms with Crippen molar-refractivity contribution < 1.29 is 4.79 Å². The van der Waals surface area contributed by atoms with Crippen molar-refractivity contribution in [3.63, 3.8) is 0 Å². The Labute approximate surface area is 172 Å². The SMILES string of the molecule is C=C/C=C\C(=C)CN1CC(C(=O)N(C)CC)C=C2c3cccc4[nH]cc(c34)CC21. The second kappa shape index (κ2) is 7.88. The average Bonchev–Trinajstić information content (AvgIpc) is 3.15. The molecule has 1 aromatic heterocycles. The zero-order chi connectivity index (χ0) is 20.5. The minimum atomic E-state index is -0.141. The van der Waals surface area contributed by atoms with E-state index in [-0.39, 0.29) is 17.9 Å². The number of nitrogens with zero attached hydrogens (tertiary/aromatic N) is 2. The molecule has 1 N–H and O–H groups in total. The van der Waals surface area contributed by atoms with Gasteiger partial charge in [-0.25, -0.2) is 0 Å². The molecule has 0 radical (unpaired) electrons. The van der Waals surface area contributed by atoms with Crippen LogP contribution >= 0.6 is 0 Å². The molecule has 0 bridgehead atoms. The highest BCUT2D eigenvalue weighted by Crippen LogP contribution is 2.41. The summed E-state index contributed by atoms with van der Waals surface area (Å²) in [5.41, 5.74) is 6.08. The summed E-state index contributed by atoms with van der Waals surface area (Å²) in [6, 6.07) is 6.67. The molecule has 2 unspecified atom stereocenters. The monoisotopic (exact) mass is 387 g/mol. The van der Waals surface area contributed by atoms with Crippen molar-refractivity contribution in [1.29, 1.82) is 0 Å². The van der Waals surface area contributed by atoms with Crippen molar-refractivity contribution in [3.05, 3.63) is 78.6 Å². The van der Waals surface area contributed by atoms with E-state index in [4.69, 9.17) is 0 Å². The predicted molar refractivity (Wildman–Crippen MR) is 121 cm³/mol. The second-order valence-corrected chi connectivity index (χ2v) is 8.03. The summed E-state index contributed by atoms with van der Waals surface area (Å²) < 4.78 is 0. The molecular formula is C25H29N3O. The van der Waals surface area contributed by atoms with Crippen LogP contribution in [0.15, 0.2) is 67.4 Å². The van der Waals surface area contributed by atoms with Gasteiger partial charge in [-0.3, -0.25) is 9.69 Å². The first-order chi connectivity index (χ1) is 14.0. The number of hydrogen-bond acceptors (Lipinski definition) is 2. The third-order valence-electron chi connectivity index (χ3n) is 6.17. The Balaban J connectivity index is 1.76. The third kappa shape index (κ3) is 3.49. The smallest absolute Gasteiger partial charge is 0.230 e. The molecule has 1 aromatic carbocycles. The quantitative estimate of drug-likeness (QED) is 0.755. The summed E-state index contributed by atoms with van der Waals surface area (Å²) in [6.45, 7) is 12.2. The first kappa shape index (κ1) is 19.5. The van der Waals surface area contributed by atoms with E-state index in [1.165, 1.54) is 27.6 Å². The first-order valence-electron chi connectivity index (χ1n) is 10.3. The maximum atomic E-state index is 13.0. The number of allylic oxidation sites excluding steroid dienone is 2.